The van der Waals surface area contributed by atoms with E-state index < -0.39 is 0 Å². The molecule has 0 unspecified atom stereocenters. The van der Waals surface area contributed by atoms with Gasteiger partial charge in [-0.1, -0.05) is 11.3 Å². The second-order valence-electron chi connectivity index (χ2n) is 3.15. The second kappa shape index (κ2) is 4.55. The molecule has 1 heterocycles. The van der Waals surface area contributed by atoms with Crippen LogP contribution in [0, 0.1) is 20.8 Å². The molecule has 1 rings (SSSR count). The number of rotatable bonds is 3. The maximum Gasteiger partial charge on any atom is 0.372 e. The first kappa shape index (κ1) is 11.2. The van der Waals surface area contributed by atoms with E-state index in [1.54, 1.807) is 11.3 Å². The van der Waals surface area contributed by atoms with Crippen LogP contribution in [0.2, 0.25) is 0 Å². The van der Waals surface area contributed by atoms with Crippen LogP contribution >= 0.6 is 11.3 Å². The molecule has 0 atom stereocenters. The molecule has 0 spiro atoms. The topological polar surface area (TPSA) is 30.2 Å². The third-order valence-electron chi connectivity index (χ3n) is 2.19. The number of ether oxygens (including phenoxy) is 1. The monoisotopic (exact) mass is 214 g/mol. The molecule has 78 valence electrons. The Labute approximate surface area is 88.3 Å². The standard InChI is InChI=1S/C10H16NO2S/c1-5-13-10(12)6-11-7(2)8(3)14-9(11)4/h5-6H2,1-4H3/q+1. The number of carbonyl (C=O) groups excluding carboxylic acids is 1. The van der Waals surface area contributed by atoms with Gasteiger partial charge >= 0.3 is 5.97 Å². The van der Waals surface area contributed by atoms with Crippen molar-refractivity contribution in [2.75, 3.05) is 6.61 Å². The quantitative estimate of drug-likeness (QED) is 0.564. The van der Waals surface area contributed by atoms with E-state index in [4.69, 9.17) is 4.74 Å². The Balaban J connectivity index is 2.81. The van der Waals surface area contributed by atoms with E-state index >= 15 is 0 Å². The van der Waals surface area contributed by atoms with Crippen molar-refractivity contribution in [3.05, 3.63) is 15.6 Å². The molecule has 0 fully saturated rings. The van der Waals surface area contributed by atoms with Crippen molar-refractivity contribution in [3.63, 3.8) is 0 Å². The van der Waals surface area contributed by atoms with Crippen molar-refractivity contribution < 1.29 is 14.1 Å². The number of aryl methyl sites for hydroxylation is 2. The number of thiazole rings is 1. The van der Waals surface area contributed by atoms with Crippen molar-refractivity contribution in [2.45, 2.75) is 34.2 Å². The van der Waals surface area contributed by atoms with Gasteiger partial charge in [0.25, 0.3) is 0 Å². The first-order chi connectivity index (χ1) is 6.56. The molecule has 0 aliphatic heterocycles. The number of aromatic nitrogens is 1. The lowest BCUT2D eigenvalue weighted by atomic mass is 10.4. The lowest BCUT2D eigenvalue weighted by molar-refractivity contribution is -0.692. The first-order valence-corrected chi connectivity index (χ1v) is 5.50. The van der Waals surface area contributed by atoms with E-state index in [2.05, 4.69) is 6.92 Å². The minimum absolute atomic E-state index is 0.165. The van der Waals surface area contributed by atoms with Gasteiger partial charge in [-0.2, -0.15) is 4.57 Å². The summed E-state index contributed by atoms with van der Waals surface area (Å²) >= 11 is 1.71. The third kappa shape index (κ3) is 2.32. The van der Waals surface area contributed by atoms with Gasteiger partial charge in [-0.05, 0) is 13.8 Å². The van der Waals surface area contributed by atoms with Crippen molar-refractivity contribution >= 4 is 17.3 Å². The van der Waals surface area contributed by atoms with Gasteiger partial charge in [-0.15, -0.1) is 0 Å². The molecular weight excluding hydrogens is 198 g/mol. The molecule has 1 aromatic rings. The highest BCUT2D eigenvalue weighted by molar-refractivity contribution is 7.11. The SMILES string of the molecule is CCOC(=O)C[n+]1c(C)sc(C)c1C. The maximum atomic E-state index is 11.3. The van der Waals surface area contributed by atoms with Gasteiger partial charge in [-0.25, -0.2) is 4.79 Å². The molecule has 0 N–H and O–H groups in total. The van der Waals surface area contributed by atoms with Crippen LogP contribution in [0.5, 0.6) is 0 Å². The molecular formula is C10H16NO2S+. The molecule has 0 aliphatic carbocycles. The summed E-state index contributed by atoms with van der Waals surface area (Å²) in [5.41, 5.74) is 1.15. The van der Waals surface area contributed by atoms with Crippen LogP contribution < -0.4 is 4.57 Å². The lowest BCUT2D eigenvalue weighted by Crippen LogP contribution is -2.42. The zero-order valence-corrected chi connectivity index (χ0v) is 9.90. The van der Waals surface area contributed by atoms with Gasteiger partial charge in [0.05, 0.1) is 11.5 Å². The summed E-state index contributed by atoms with van der Waals surface area (Å²) in [6.07, 6.45) is 0. The fourth-order valence-electron chi connectivity index (χ4n) is 1.34. The second-order valence-corrected chi connectivity index (χ2v) is 4.56. The summed E-state index contributed by atoms with van der Waals surface area (Å²) in [6, 6.07) is 0. The van der Waals surface area contributed by atoms with Gasteiger partial charge in [0.1, 0.15) is 0 Å². The van der Waals surface area contributed by atoms with E-state index in [0.717, 1.165) is 10.7 Å². The van der Waals surface area contributed by atoms with Crippen LogP contribution in [-0.2, 0) is 16.1 Å². The van der Waals surface area contributed by atoms with Gasteiger partial charge in [-0.3, -0.25) is 0 Å². The number of hydrogen-bond donors (Lipinski definition) is 0. The first-order valence-electron chi connectivity index (χ1n) is 4.68. The Hall–Kier alpha value is -0.900. The van der Waals surface area contributed by atoms with Gasteiger partial charge in [0.15, 0.2) is 5.69 Å². The normalized spacial score (nSPS) is 10.3. The van der Waals surface area contributed by atoms with Crippen molar-refractivity contribution in [1.82, 2.24) is 0 Å². The fraction of sp³-hybridized carbons (Fsp3) is 0.600. The molecule has 3 nitrogen and oxygen atoms in total. The predicted octanol–water partition coefficient (Wildman–Crippen LogP) is 1.52. The Morgan fingerprint density at radius 1 is 1.43 bits per heavy atom. The average Bonchev–Trinajstić information content (AvgIpc) is 2.33. The van der Waals surface area contributed by atoms with E-state index in [-0.39, 0.29) is 5.97 Å². The average molecular weight is 214 g/mol. The maximum absolute atomic E-state index is 11.3. The molecule has 0 bridgehead atoms. The Kier molecular flexibility index (Phi) is 3.63. The fourth-order valence-corrected chi connectivity index (χ4v) is 2.36. The minimum Gasteiger partial charge on any atom is -0.461 e. The van der Waals surface area contributed by atoms with Crippen LogP contribution in [0.1, 0.15) is 22.5 Å². The highest BCUT2D eigenvalue weighted by Gasteiger charge is 2.20. The minimum atomic E-state index is -0.165. The molecule has 0 aromatic carbocycles. The summed E-state index contributed by atoms with van der Waals surface area (Å²) in [7, 11) is 0. The largest absolute Gasteiger partial charge is 0.461 e. The zero-order chi connectivity index (χ0) is 10.7. The van der Waals surface area contributed by atoms with Crippen LogP contribution in [-0.4, -0.2) is 12.6 Å². The summed E-state index contributed by atoms with van der Waals surface area (Å²) in [6.45, 7) is 8.70. The molecule has 14 heavy (non-hydrogen) atoms. The summed E-state index contributed by atoms with van der Waals surface area (Å²) in [5.74, 6) is -0.165. The van der Waals surface area contributed by atoms with Gasteiger partial charge in [0, 0.05) is 13.8 Å². The van der Waals surface area contributed by atoms with Crippen LogP contribution in [0.25, 0.3) is 0 Å². The molecule has 4 heteroatoms. The van der Waals surface area contributed by atoms with Crippen LogP contribution in [0.15, 0.2) is 0 Å². The van der Waals surface area contributed by atoms with Gasteiger partial charge < -0.3 is 4.74 Å². The summed E-state index contributed by atoms with van der Waals surface area (Å²) < 4.78 is 6.91. The summed E-state index contributed by atoms with van der Waals surface area (Å²) in [4.78, 5) is 12.5. The molecule has 0 aliphatic rings. The summed E-state index contributed by atoms with van der Waals surface area (Å²) in [5, 5.41) is 1.15. The molecule has 0 saturated carbocycles. The Morgan fingerprint density at radius 3 is 2.50 bits per heavy atom. The predicted molar refractivity (Wildman–Crippen MR) is 55.4 cm³/mol. The number of esters is 1. The van der Waals surface area contributed by atoms with Crippen molar-refractivity contribution in [1.29, 1.82) is 0 Å². The Morgan fingerprint density at radius 2 is 2.07 bits per heavy atom. The van der Waals surface area contributed by atoms with Crippen molar-refractivity contribution in [3.8, 4) is 0 Å². The lowest BCUT2D eigenvalue weighted by Gasteiger charge is -1.98. The number of hydrogen-bond acceptors (Lipinski definition) is 3. The van der Waals surface area contributed by atoms with E-state index in [1.165, 1.54) is 4.88 Å². The molecule has 0 radical (unpaired) electrons. The van der Waals surface area contributed by atoms with Gasteiger partial charge in [0.2, 0.25) is 11.6 Å². The number of nitrogens with zero attached hydrogens (tertiary/aromatic N) is 1. The molecule has 0 amide bonds. The highest BCUT2D eigenvalue weighted by atomic mass is 32.1. The highest BCUT2D eigenvalue weighted by Crippen LogP contribution is 2.13. The smallest absolute Gasteiger partial charge is 0.372 e. The van der Waals surface area contributed by atoms with E-state index in [0.29, 0.717) is 13.2 Å². The Bertz CT molecular complexity index is 344. The molecule has 1 aromatic heterocycles. The van der Waals surface area contributed by atoms with Crippen LogP contribution in [0.3, 0.4) is 0 Å². The third-order valence-corrected chi connectivity index (χ3v) is 3.31. The van der Waals surface area contributed by atoms with Crippen molar-refractivity contribution in [2.24, 2.45) is 0 Å². The number of carbonyl (C=O) groups is 1. The zero-order valence-electron chi connectivity index (χ0n) is 9.09. The van der Waals surface area contributed by atoms with E-state index in [9.17, 15) is 4.79 Å². The van der Waals surface area contributed by atoms with E-state index in [1.807, 2.05) is 25.3 Å². The molecule has 0 saturated heterocycles. The van der Waals surface area contributed by atoms with Crippen LogP contribution in [0.4, 0.5) is 0 Å².